The van der Waals surface area contributed by atoms with E-state index in [1.54, 1.807) is 0 Å². The van der Waals surface area contributed by atoms with Crippen LogP contribution in [0.25, 0.3) is 0 Å². The molecule has 0 aromatic carbocycles. The van der Waals surface area contributed by atoms with Crippen molar-refractivity contribution in [1.29, 1.82) is 0 Å². The quantitative estimate of drug-likeness (QED) is 0.456. The number of hydrogen-bond donors (Lipinski definition) is 0. The lowest BCUT2D eigenvalue weighted by Crippen LogP contribution is -2.24. The van der Waals surface area contributed by atoms with Gasteiger partial charge in [0.25, 0.3) is 0 Å². The minimum absolute atomic E-state index is 0.559. The van der Waals surface area contributed by atoms with Gasteiger partial charge in [0.05, 0.1) is 0 Å². The second-order valence-corrected chi connectivity index (χ2v) is 5.78. The summed E-state index contributed by atoms with van der Waals surface area (Å²) in [5, 5.41) is -1.85. The summed E-state index contributed by atoms with van der Waals surface area (Å²) in [6.07, 6.45) is 2.23. The van der Waals surface area contributed by atoms with E-state index in [0.717, 1.165) is 0 Å². The molecule has 0 atom stereocenters. The van der Waals surface area contributed by atoms with Crippen LogP contribution in [0.4, 0.5) is 0 Å². The summed E-state index contributed by atoms with van der Waals surface area (Å²) in [7, 11) is -2.29. The van der Waals surface area contributed by atoms with E-state index in [1.807, 2.05) is 27.7 Å². The molecule has 0 saturated carbocycles. The summed E-state index contributed by atoms with van der Waals surface area (Å²) in [4.78, 5) is 0. The maximum absolute atomic E-state index is 11.6. The highest BCUT2D eigenvalue weighted by Crippen LogP contribution is 2.43. The van der Waals surface area contributed by atoms with Gasteiger partial charge in [0.2, 0.25) is 0 Å². The highest BCUT2D eigenvalue weighted by atomic mass is 35.5. The van der Waals surface area contributed by atoms with Crippen LogP contribution in [0.5, 0.6) is 0 Å². The summed E-state index contributed by atoms with van der Waals surface area (Å²) < 4.78 is 22.1. The van der Waals surface area contributed by atoms with Crippen LogP contribution < -0.4 is 0 Å². The molecule has 0 heterocycles. The van der Waals surface area contributed by atoms with Gasteiger partial charge in [0, 0.05) is 4.57 Å². The largest absolute Gasteiger partial charge is 0.701 e. The van der Waals surface area contributed by atoms with Crippen molar-refractivity contribution in [2.24, 2.45) is 0 Å². The summed E-state index contributed by atoms with van der Waals surface area (Å²) in [5.41, 5.74) is 0. The van der Waals surface area contributed by atoms with Gasteiger partial charge >= 0.3 is 8.25 Å². The van der Waals surface area contributed by atoms with Crippen LogP contribution in [-0.2, 0) is 13.6 Å². The SMILES string of the molecule is CCC(Cl)(CC)O[P+](=O)OC(Cl)(CC)CC. The summed E-state index contributed by atoms with van der Waals surface area (Å²) in [5.74, 6) is 0. The molecule has 0 aliphatic rings. The first-order valence-corrected chi connectivity index (χ1v) is 7.43. The first-order valence-electron chi connectivity index (χ1n) is 5.58. The standard InChI is InChI=1S/C10H20Cl2O3P/c1-5-9(11,6-2)14-16(13)15-10(12,7-3)8-4/h5-8H2,1-4H3/q+1. The zero-order valence-corrected chi connectivity index (χ0v) is 12.7. The summed E-state index contributed by atoms with van der Waals surface area (Å²) >= 11 is 12.2. The number of alkyl halides is 2. The van der Waals surface area contributed by atoms with Gasteiger partial charge in [0.15, 0.2) is 10.1 Å². The predicted octanol–water partition coefficient (Wildman–Crippen LogP) is 5.19. The maximum atomic E-state index is 11.6. The fourth-order valence-electron chi connectivity index (χ4n) is 1.04. The molecule has 0 amide bonds. The van der Waals surface area contributed by atoms with Crippen molar-refractivity contribution in [3.8, 4) is 0 Å². The number of rotatable bonds is 8. The fourth-order valence-corrected chi connectivity index (χ4v) is 2.47. The molecular weight excluding hydrogens is 270 g/mol. The van der Waals surface area contributed by atoms with Crippen molar-refractivity contribution in [2.45, 2.75) is 63.5 Å². The minimum Gasteiger partial charge on any atom is -0.0961 e. The maximum Gasteiger partial charge on any atom is 0.701 e. The van der Waals surface area contributed by atoms with E-state index in [1.165, 1.54) is 0 Å². The first kappa shape index (κ1) is 16.6. The Balaban J connectivity index is 4.38. The van der Waals surface area contributed by atoms with Gasteiger partial charge in [-0.3, -0.25) is 0 Å². The molecule has 0 aromatic rings. The van der Waals surface area contributed by atoms with Crippen molar-refractivity contribution >= 4 is 31.5 Å². The van der Waals surface area contributed by atoms with Crippen molar-refractivity contribution in [3.05, 3.63) is 0 Å². The Morgan fingerprint density at radius 3 is 1.31 bits per heavy atom. The van der Waals surface area contributed by atoms with E-state index in [9.17, 15) is 4.57 Å². The van der Waals surface area contributed by atoms with Gasteiger partial charge in [-0.15, -0.1) is 0 Å². The second kappa shape index (κ2) is 7.13. The monoisotopic (exact) mass is 289 g/mol. The second-order valence-electron chi connectivity index (χ2n) is 3.59. The Kier molecular flexibility index (Phi) is 7.39. The van der Waals surface area contributed by atoms with Crippen LogP contribution in [0.2, 0.25) is 0 Å². The average molecular weight is 290 g/mol. The molecule has 6 heteroatoms. The fraction of sp³-hybridized carbons (Fsp3) is 1.00. The van der Waals surface area contributed by atoms with Gasteiger partial charge in [0.1, 0.15) is 0 Å². The van der Waals surface area contributed by atoms with E-state index in [-0.39, 0.29) is 0 Å². The van der Waals surface area contributed by atoms with Gasteiger partial charge < -0.3 is 0 Å². The smallest absolute Gasteiger partial charge is 0.0961 e. The van der Waals surface area contributed by atoms with Crippen LogP contribution in [0.1, 0.15) is 53.4 Å². The average Bonchev–Trinajstić information content (AvgIpc) is 2.28. The Hall–Kier alpha value is 0.600. The lowest BCUT2D eigenvalue weighted by atomic mass is 10.2. The topological polar surface area (TPSA) is 35.5 Å². The van der Waals surface area contributed by atoms with Gasteiger partial charge in [-0.1, -0.05) is 59.9 Å². The molecule has 0 aliphatic carbocycles. The van der Waals surface area contributed by atoms with Gasteiger partial charge in [-0.05, 0) is 25.7 Å². The predicted molar refractivity (Wildman–Crippen MR) is 68.1 cm³/mol. The molecule has 0 unspecified atom stereocenters. The lowest BCUT2D eigenvalue weighted by molar-refractivity contribution is 0.0806. The van der Waals surface area contributed by atoms with Crippen molar-refractivity contribution in [2.75, 3.05) is 0 Å². The third-order valence-electron chi connectivity index (χ3n) is 2.59. The van der Waals surface area contributed by atoms with Crippen molar-refractivity contribution in [1.82, 2.24) is 0 Å². The molecule has 0 aromatic heterocycles. The van der Waals surface area contributed by atoms with E-state index < -0.39 is 18.4 Å². The van der Waals surface area contributed by atoms with Crippen LogP contribution in [0.3, 0.4) is 0 Å². The molecule has 0 N–H and O–H groups in total. The molecule has 0 fully saturated rings. The Morgan fingerprint density at radius 2 is 1.12 bits per heavy atom. The number of halogens is 2. The molecule has 0 rings (SSSR count). The number of hydrogen-bond acceptors (Lipinski definition) is 3. The van der Waals surface area contributed by atoms with E-state index in [4.69, 9.17) is 32.2 Å². The van der Waals surface area contributed by atoms with Crippen molar-refractivity contribution < 1.29 is 13.6 Å². The third kappa shape index (κ3) is 5.29. The van der Waals surface area contributed by atoms with E-state index in [2.05, 4.69) is 0 Å². The molecule has 3 nitrogen and oxygen atoms in total. The van der Waals surface area contributed by atoms with Crippen LogP contribution in [0, 0.1) is 0 Å². The molecule has 16 heavy (non-hydrogen) atoms. The lowest BCUT2D eigenvalue weighted by Gasteiger charge is -2.19. The van der Waals surface area contributed by atoms with Crippen LogP contribution in [0.15, 0.2) is 0 Å². The van der Waals surface area contributed by atoms with Gasteiger partial charge in [-0.25, -0.2) is 0 Å². The molecule has 0 bridgehead atoms. The van der Waals surface area contributed by atoms with E-state index >= 15 is 0 Å². The molecule has 0 radical (unpaired) electrons. The zero-order chi connectivity index (χ0) is 12.8. The van der Waals surface area contributed by atoms with E-state index in [0.29, 0.717) is 25.7 Å². The van der Waals surface area contributed by atoms with Crippen LogP contribution >= 0.6 is 31.5 Å². The Bertz CT molecular complexity index is 206. The van der Waals surface area contributed by atoms with Crippen molar-refractivity contribution in [3.63, 3.8) is 0 Å². The van der Waals surface area contributed by atoms with Crippen LogP contribution in [-0.4, -0.2) is 10.1 Å². The Morgan fingerprint density at radius 1 is 0.875 bits per heavy atom. The normalized spacial score (nSPS) is 12.9. The molecule has 0 spiro atoms. The van der Waals surface area contributed by atoms with Gasteiger partial charge in [-0.2, -0.15) is 0 Å². The third-order valence-corrected chi connectivity index (χ3v) is 5.02. The highest BCUT2D eigenvalue weighted by molar-refractivity contribution is 7.33. The Labute approximate surface area is 109 Å². The minimum atomic E-state index is -2.29. The highest BCUT2D eigenvalue weighted by Gasteiger charge is 2.43. The summed E-state index contributed by atoms with van der Waals surface area (Å²) in [6.45, 7) is 7.47. The molecular formula is C10H20Cl2O3P+. The first-order chi connectivity index (χ1) is 7.34. The molecule has 96 valence electrons. The zero-order valence-electron chi connectivity index (χ0n) is 10.3. The molecule has 0 aliphatic heterocycles. The molecule has 0 saturated heterocycles. The summed E-state index contributed by atoms with van der Waals surface area (Å²) in [6, 6.07) is 0.